The summed E-state index contributed by atoms with van der Waals surface area (Å²) in [5.74, 6) is -1.08. The van der Waals surface area contributed by atoms with Crippen molar-refractivity contribution in [3.63, 3.8) is 0 Å². The van der Waals surface area contributed by atoms with E-state index >= 15 is 0 Å². The van der Waals surface area contributed by atoms with Gasteiger partial charge in [-0.15, -0.1) is 4.89 Å². The first kappa shape index (κ1) is 23.8. The number of aromatic nitrogens is 4. The molecule has 2 aromatic heterocycles. The Morgan fingerprint density at radius 2 is 1.94 bits per heavy atom. The first-order chi connectivity index (χ1) is 15.8. The van der Waals surface area contributed by atoms with Gasteiger partial charge in [0.1, 0.15) is 24.6 Å². The third kappa shape index (κ3) is 4.95. The summed E-state index contributed by atoms with van der Waals surface area (Å²) in [4.78, 5) is 34.7. The molecule has 6 atom stereocenters. The summed E-state index contributed by atoms with van der Waals surface area (Å²) >= 11 is 0. The van der Waals surface area contributed by atoms with Gasteiger partial charge in [0.05, 0.1) is 19.0 Å². The van der Waals surface area contributed by atoms with E-state index in [-0.39, 0.29) is 6.10 Å². The molecule has 0 bridgehead atoms. The van der Waals surface area contributed by atoms with E-state index in [0.29, 0.717) is 42.9 Å². The van der Waals surface area contributed by atoms with Gasteiger partial charge in [0.15, 0.2) is 23.2 Å². The number of ether oxygens (including phenoxy) is 2. The second-order valence-electron chi connectivity index (χ2n) is 7.63. The number of imidazole rings is 1. The average Bonchev–Trinajstić information content (AvgIpc) is 3.33. The van der Waals surface area contributed by atoms with Gasteiger partial charge < -0.3 is 34.8 Å². The number of nitrogens with zero attached hydrogens (tertiary/aromatic N) is 5. The van der Waals surface area contributed by atoms with Gasteiger partial charge in [-0.05, 0) is 12.8 Å². The second-order valence-corrected chi connectivity index (χ2v) is 8.32. The molecule has 2 unspecified atom stereocenters. The zero-order valence-corrected chi connectivity index (χ0v) is 18.0. The molecule has 0 amide bonds. The topological polar surface area (TPSA) is 210 Å². The molecule has 16 heteroatoms. The van der Waals surface area contributed by atoms with Crippen LogP contribution in [0.15, 0.2) is 12.7 Å². The van der Waals surface area contributed by atoms with Gasteiger partial charge >= 0.3 is 20.5 Å². The largest absolute Gasteiger partial charge is 0.698 e. The molecular formula is C17H23N5O10P+. The van der Waals surface area contributed by atoms with E-state index in [4.69, 9.17) is 19.5 Å². The predicted molar refractivity (Wildman–Crippen MR) is 107 cm³/mol. The Morgan fingerprint density at radius 1 is 1.21 bits per heavy atom. The Labute approximate surface area is 187 Å². The molecule has 0 spiro atoms. The molecule has 4 heterocycles. The number of carboxylic acids is 1. The van der Waals surface area contributed by atoms with Crippen molar-refractivity contribution < 1.29 is 48.7 Å². The molecule has 15 nitrogen and oxygen atoms in total. The van der Waals surface area contributed by atoms with Crippen LogP contribution in [-0.2, 0) is 23.4 Å². The van der Waals surface area contributed by atoms with E-state index in [2.05, 4.69) is 19.5 Å². The van der Waals surface area contributed by atoms with E-state index in [1.54, 1.807) is 0 Å². The monoisotopic (exact) mass is 488 g/mol. The van der Waals surface area contributed by atoms with Crippen molar-refractivity contribution >= 4 is 31.2 Å². The highest BCUT2D eigenvalue weighted by atomic mass is 31.1. The molecule has 2 fully saturated rings. The van der Waals surface area contributed by atoms with Crippen LogP contribution in [0.3, 0.4) is 0 Å². The normalized spacial score (nSPS) is 27.8. The molecule has 0 saturated carbocycles. The molecule has 0 aromatic carbocycles. The smallest absolute Gasteiger partial charge is 0.477 e. The number of hydrogen-bond donors (Lipinski definition) is 5. The molecule has 0 radical (unpaired) electrons. The van der Waals surface area contributed by atoms with Gasteiger partial charge in [0.2, 0.25) is 0 Å². The lowest BCUT2D eigenvalue weighted by molar-refractivity contribution is -0.179. The van der Waals surface area contributed by atoms with Crippen LogP contribution in [0, 0.1) is 0 Å². The molecular weight excluding hydrogens is 465 g/mol. The summed E-state index contributed by atoms with van der Waals surface area (Å²) in [6.45, 7) is 0.637. The summed E-state index contributed by atoms with van der Waals surface area (Å²) in [6.07, 6.45) is -3.70. The summed E-state index contributed by atoms with van der Waals surface area (Å²) in [5, 5.41) is 39.6. The highest BCUT2D eigenvalue weighted by molar-refractivity contribution is 7.32. The second kappa shape index (κ2) is 9.87. The minimum atomic E-state index is -3.24. The Balaban J connectivity index is 1.51. The van der Waals surface area contributed by atoms with Crippen LogP contribution in [0.4, 0.5) is 5.82 Å². The number of anilines is 1. The molecule has 2 aromatic rings. The number of aliphatic hydroxyl groups is 3. The Morgan fingerprint density at radius 3 is 2.61 bits per heavy atom. The van der Waals surface area contributed by atoms with E-state index in [1.165, 1.54) is 17.2 Å². The third-order valence-corrected chi connectivity index (χ3v) is 5.89. The van der Waals surface area contributed by atoms with Crippen LogP contribution in [0.5, 0.6) is 0 Å². The van der Waals surface area contributed by atoms with Gasteiger partial charge in [0, 0.05) is 17.7 Å². The molecule has 180 valence electrons. The van der Waals surface area contributed by atoms with Crippen molar-refractivity contribution in [3.8, 4) is 0 Å². The van der Waals surface area contributed by atoms with Crippen molar-refractivity contribution in [1.29, 1.82) is 0 Å². The van der Waals surface area contributed by atoms with Crippen molar-refractivity contribution in [2.24, 2.45) is 0 Å². The number of piperidine rings is 1. The summed E-state index contributed by atoms with van der Waals surface area (Å²) in [5.41, 5.74) is 0.790. The van der Waals surface area contributed by atoms with Gasteiger partial charge in [-0.25, -0.2) is 19.7 Å². The van der Waals surface area contributed by atoms with Crippen molar-refractivity contribution in [3.05, 3.63) is 12.7 Å². The first-order valence-corrected chi connectivity index (χ1v) is 11.2. The fourth-order valence-corrected chi connectivity index (χ4v) is 4.16. The zero-order valence-electron chi connectivity index (χ0n) is 17.1. The number of rotatable bonds is 8. The zero-order chi connectivity index (χ0) is 23.7. The van der Waals surface area contributed by atoms with Gasteiger partial charge in [-0.1, -0.05) is 4.52 Å². The molecule has 2 aliphatic rings. The number of aliphatic hydroxyl groups excluding tert-OH is 3. The maximum atomic E-state index is 11.1. The predicted octanol–water partition coefficient (Wildman–Crippen LogP) is -1.50. The molecule has 4 rings (SSSR count). The van der Waals surface area contributed by atoms with Crippen LogP contribution in [0.25, 0.3) is 11.2 Å². The molecule has 0 aliphatic carbocycles. The number of hydrogen-bond acceptors (Lipinski definition) is 12. The minimum absolute atomic E-state index is 0.341. The van der Waals surface area contributed by atoms with Gasteiger partial charge in [-0.2, -0.15) is 0 Å². The number of carboxylic acid groups (broad SMARTS) is 1. The van der Waals surface area contributed by atoms with Crippen molar-refractivity contribution in [2.45, 2.75) is 49.8 Å². The molecule has 33 heavy (non-hydrogen) atoms. The van der Waals surface area contributed by atoms with Crippen LogP contribution in [-0.4, -0.2) is 101 Å². The Hall–Kier alpha value is -2.36. The van der Waals surface area contributed by atoms with E-state index in [0.717, 1.165) is 0 Å². The highest BCUT2D eigenvalue weighted by Gasteiger charge is 2.45. The molecule has 5 N–H and O–H groups in total. The summed E-state index contributed by atoms with van der Waals surface area (Å²) in [6, 6.07) is 0. The van der Waals surface area contributed by atoms with Crippen molar-refractivity contribution in [2.75, 3.05) is 24.6 Å². The standard InChI is InChI=1S/C17H22N5O10P/c23-8-1-3-21(4-2-8)13-10-14(19-6-18-13)22(7-20-10)15-12(25)11(24)9(31-15)5-30-17(16(26)27)32-33(28)29/h6-9,11-12,15,17,23-25H,1-5H2,(H-,26,27,28,29)/p+1/t9-,11-,12-,15-,17?/m1/s1. The maximum absolute atomic E-state index is 11.1. The van der Waals surface area contributed by atoms with Crippen LogP contribution in [0.2, 0.25) is 0 Å². The average molecular weight is 488 g/mol. The highest BCUT2D eigenvalue weighted by Crippen LogP contribution is 2.34. The minimum Gasteiger partial charge on any atom is -0.477 e. The van der Waals surface area contributed by atoms with Crippen LogP contribution >= 0.6 is 8.25 Å². The lowest BCUT2D eigenvalue weighted by atomic mass is 10.1. The SMILES string of the molecule is O=C(O)C(OC[C@H]1O[C@@H](n2cnc3c(N4CCC(O)CC4)ncnc32)[C@H](O)[C@@H]1O)O[P+](=O)O. The molecule has 2 aliphatic heterocycles. The van der Waals surface area contributed by atoms with E-state index < -0.39 is 51.7 Å². The lowest BCUT2D eigenvalue weighted by Gasteiger charge is -2.30. The summed E-state index contributed by atoms with van der Waals surface area (Å²) in [7, 11) is -3.24. The fourth-order valence-electron chi connectivity index (χ4n) is 3.84. The number of carbonyl (C=O) groups is 1. The quantitative estimate of drug-likeness (QED) is 0.212. The van der Waals surface area contributed by atoms with E-state index in [9.17, 15) is 24.7 Å². The van der Waals surface area contributed by atoms with Gasteiger partial charge in [-0.3, -0.25) is 4.57 Å². The molecule has 2 saturated heterocycles. The van der Waals surface area contributed by atoms with Crippen molar-refractivity contribution in [1.82, 2.24) is 19.5 Å². The number of fused-ring (bicyclic) bond motifs is 1. The van der Waals surface area contributed by atoms with Gasteiger partial charge in [0.25, 0.3) is 0 Å². The Bertz CT molecular complexity index is 1020. The van der Waals surface area contributed by atoms with Crippen LogP contribution < -0.4 is 4.90 Å². The number of aliphatic carboxylic acids is 1. The van der Waals surface area contributed by atoms with Crippen LogP contribution in [0.1, 0.15) is 19.1 Å². The third-order valence-electron chi connectivity index (χ3n) is 5.51. The van der Waals surface area contributed by atoms with E-state index in [1.807, 2.05) is 4.90 Å². The summed E-state index contributed by atoms with van der Waals surface area (Å²) < 4.78 is 27.0. The maximum Gasteiger partial charge on any atom is 0.698 e. The Kier molecular flexibility index (Phi) is 7.11. The first-order valence-electron chi connectivity index (χ1n) is 10.1. The lowest BCUT2D eigenvalue weighted by Crippen LogP contribution is -2.36. The fraction of sp³-hybridized carbons (Fsp3) is 0.647.